The van der Waals surface area contributed by atoms with Crippen LogP contribution in [-0.4, -0.2) is 26.7 Å². The van der Waals surface area contributed by atoms with E-state index in [1.165, 1.54) is 6.92 Å². The Morgan fingerprint density at radius 2 is 1.80 bits per heavy atom. The second kappa shape index (κ2) is 5.70. The number of carbonyl (C=O) groups excluding carboxylic acids is 1. The van der Waals surface area contributed by atoms with E-state index in [2.05, 4.69) is 0 Å². The van der Waals surface area contributed by atoms with E-state index in [1.807, 2.05) is 13.8 Å². The van der Waals surface area contributed by atoms with Gasteiger partial charge in [0.1, 0.15) is 0 Å². The first-order valence-electron chi connectivity index (χ1n) is 4.80. The van der Waals surface area contributed by atoms with Gasteiger partial charge in [-0.2, -0.15) is 0 Å². The molecule has 0 aliphatic carbocycles. The highest BCUT2D eigenvalue weighted by atomic mass is 35.7. The van der Waals surface area contributed by atoms with Crippen LogP contribution in [0, 0.1) is 5.41 Å². The molecule has 0 aromatic heterocycles. The fourth-order valence-corrected chi connectivity index (χ4v) is 3.24. The lowest BCUT2D eigenvalue weighted by Gasteiger charge is -2.29. The summed E-state index contributed by atoms with van der Waals surface area (Å²) in [6.07, 6.45) is 1.20. The number of halogens is 1. The molecule has 0 unspecified atom stereocenters. The van der Waals surface area contributed by atoms with E-state index in [9.17, 15) is 13.2 Å². The van der Waals surface area contributed by atoms with Crippen LogP contribution in [0.4, 0.5) is 0 Å². The molecule has 0 aromatic rings. The Morgan fingerprint density at radius 1 is 1.33 bits per heavy atom. The van der Waals surface area contributed by atoms with Crippen LogP contribution in [0.1, 0.15) is 33.6 Å². The van der Waals surface area contributed by atoms with Gasteiger partial charge < -0.3 is 4.74 Å². The summed E-state index contributed by atoms with van der Waals surface area (Å²) in [6, 6.07) is 0. The molecule has 0 spiro atoms. The summed E-state index contributed by atoms with van der Waals surface area (Å²) in [5, 5.41) is 0. The molecule has 0 atom stereocenters. The first-order valence-corrected chi connectivity index (χ1v) is 7.28. The fraction of sp³-hybridized carbons (Fsp3) is 0.889. The average Bonchev–Trinajstić information content (AvgIpc) is 2.10. The van der Waals surface area contributed by atoms with Crippen molar-refractivity contribution in [3.05, 3.63) is 0 Å². The number of carbonyl (C=O) groups is 1. The summed E-state index contributed by atoms with van der Waals surface area (Å²) in [6.45, 7) is 5.11. The SMILES string of the molecule is CCC(CC)(COC(C)=O)CS(=O)(=O)Cl. The molecule has 0 fully saturated rings. The maximum Gasteiger partial charge on any atom is 0.302 e. The monoisotopic (exact) mass is 256 g/mol. The van der Waals surface area contributed by atoms with Crippen LogP contribution >= 0.6 is 10.7 Å². The molecule has 0 saturated carbocycles. The van der Waals surface area contributed by atoms with Crippen molar-refractivity contribution in [1.82, 2.24) is 0 Å². The smallest absolute Gasteiger partial charge is 0.302 e. The number of hydrogen-bond donors (Lipinski definition) is 0. The highest BCUT2D eigenvalue weighted by Gasteiger charge is 2.32. The van der Waals surface area contributed by atoms with Gasteiger partial charge in [0.25, 0.3) is 0 Å². The molecular weight excluding hydrogens is 240 g/mol. The van der Waals surface area contributed by atoms with Gasteiger partial charge in [-0.1, -0.05) is 13.8 Å². The topological polar surface area (TPSA) is 60.4 Å². The molecule has 15 heavy (non-hydrogen) atoms. The summed E-state index contributed by atoms with van der Waals surface area (Å²) in [5.74, 6) is -0.574. The molecule has 0 radical (unpaired) electrons. The van der Waals surface area contributed by atoms with Crippen LogP contribution in [0.3, 0.4) is 0 Å². The van der Waals surface area contributed by atoms with Gasteiger partial charge >= 0.3 is 5.97 Å². The van der Waals surface area contributed by atoms with Crippen molar-refractivity contribution < 1.29 is 17.9 Å². The summed E-state index contributed by atoms with van der Waals surface area (Å²) in [5.41, 5.74) is -0.563. The molecule has 0 N–H and O–H groups in total. The van der Waals surface area contributed by atoms with E-state index in [0.717, 1.165) is 0 Å². The number of rotatable bonds is 6. The zero-order valence-electron chi connectivity index (χ0n) is 9.25. The lowest BCUT2D eigenvalue weighted by Crippen LogP contribution is -2.33. The summed E-state index contributed by atoms with van der Waals surface area (Å²) >= 11 is 0. The van der Waals surface area contributed by atoms with E-state index >= 15 is 0 Å². The van der Waals surface area contributed by atoms with Gasteiger partial charge in [-0.15, -0.1) is 0 Å². The molecule has 0 heterocycles. The van der Waals surface area contributed by atoms with Crippen molar-refractivity contribution in [1.29, 1.82) is 0 Å². The van der Waals surface area contributed by atoms with Crippen molar-refractivity contribution in [3.63, 3.8) is 0 Å². The predicted molar refractivity (Wildman–Crippen MR) is 59.3 cm³/mol. The molecule has 0 aliphatic rings. The van der Waals surface area contributed by atoms with Gasteiger partial charge in [-0.3, -0.25) is 4.79 Å². The minimum atomic E-state index is -3.57. The van der Waals surface area contributed by atoms with Gasteiger partial charge in [0.2, 0.25) is 9.05 Å². The van der Waals surface area contributed by atoms with E-state index in [-0.39, 0.29) is 12.4 Å². The maximum absolute atomic E-state index is 11.0. The van der Waals surface area contributed by atoms with E-state index in [4.69, 9.17) is 15.4 Å². The maximum atomic E-state index is 11.0. The summed E-state index contributed by atoms with van der Waals surface area (Å²) in [4.78, 5) is 10.7. The minimum Gasteiger partial charge on any atom is -0.465 e. The molecule has 4 nitrogen and oxygen atoms in total. The molecule has 6 heteroatoms. The Bertz CT molecular complexity index is 306. The third kappa shape index (κ3) is 5.99. The Hall–Kier alpha value is -0.290. The Morgan fingerprint density at radius 3 is 2.07 bits per heavy atom. The highest BCUT2D eigenvalue weighted by Crippen LogP contribution is 2.30. The van der Waals surface area contributed by atoms with Crippen LogP contribution in [-0.2, 0) is 18.6 Å². The molecule has 0 bridgehead atoms. The van der Waals surface area contributed by atoms with Crippen molar-refractivity contribution in [2.75, 3.05) is 12.4 Å². The van der Waals surface area contributed by atoms with E-state index in [0.29, 0.717) is 12.8 Å². The van der Waals surface area contributed by atoms with Crippen LogP contribution in [0.25, 0.3) is 0 Å². The Labute approximate surface area is 95.4 Å². The van der Waals surface area contributed by atoms with Crippen LogP contribution in [0.5, 0.6) is 0 Å². The zero-order valence-corrected chi connectivity index (χ0v) is 10.8. The molecule has 90 valence electrons. The molecule has 0 aromatic carbocycles. The van der Waals surface area contributed by atoms with E-state index in [1.54, 1.807) is 0 Å². The average molecular weight is 257 g/mol. The molecular formula is C9H17ClO4S. The summed E-state index contributed by atoms with van der Waals surface area (Å²) < 4.78 is 26.9. The van der Waals surface area contributed by atoms with Gasteiger partial charge in [0.05, 0.1) is 12.4 Å². The van der Waals surface area contributed by atoms with Crippen LogP contribution < -0.4 is 0 Å². The second-order valence-corrected chi connectivity index (χ2v) is 6.45. The van der Waals surface area contributed by atoms with Crippen molar-refractivity contribution in [2.45, 2.75) is 33.6 Å². The van der Waals surface area contributed by atoms with E-state index < -0.39 is 20.4 Å². The zero-order chi connectivity index (χ0) is 12.1. The lowest BCUT2D eigenvalue weighted by molar-refractivity contribution is -0.144. The molecule has 0 rings (SSSR count). The first-order chi connectivity index (χ1) is 6.74. The Balaban J connectivity index is 4.65. The normalized spacial score (nSPS) is 12.5. The van der Waals surface area contributed by atoms with Gasteiger partial charge in [-0.25, -0.2) is 8.42 Å². The van der Waals surface area contributed by atoms with Gasteiger partial charge in [-0.05, 0) is 12.8 Å². The predicted octanol–water partition coefficient (Wildman–Crippen LogP) is 1.92. The Kier molecular flexibility index (Phi) is 5.59. The van der Waals surface area contributed by atoms with Crippen molar-refractivity contribution in [3.8, 4) is 0 Å². The van der Waals surface area contributed by atoms with Crippen molar-refractivity contribution in [2.24, 2.45) is 5.41 Å². The number of esters is 1. The van der Waals surface area contributed by atoms with Crippen LogP contribution in [0.2, 0.25) is 0 Å². The minimum absolute atomic E-state index is 0.0985. The molecule has 0 aliphatic heterocycles. The molecule has 0 amide bonds. The first kappa shape index (κ1) is 14.7. The third-order valence-corrected chi connectivity index (χ3v) is 3.84. The van der Waals surface area contributed by atoms with Gasteiger partial charge in [0, 0.05) is 23.0 Å². The standard InChI is InChI=1S/C9H17ClO4S/c1-4-9(5-2,6-14-8(3)11)7-15(10,12)13/h4-7H2,1-3H3. The molecule has 0 saturated heterocycles. The van der Waals surface area contributed by atoms with Gasteiger partial charge in [0.15, 0.2) is 0 Å². The number of ether oxygens (including phenoxy) is 1. The lowest BCUT2D eigenvalue weighted by atomic mass is 9.85. The number of hydrogen-bond acceptors (Lipinski definition) is 4. The highest BCUT2D eigenvalue weighted by molar-refractivity contribution is 8.13. The largest absolute Gasteiger partial charge is 0.465 e. The summed E-state index contributed by atoms with van der Waals surface area (Å²) in [7, 11) is 1.65. The van der Waals surface area contributed by atoms with Crippen LogP contribution in [0.15, 0.2) is 0 Å². The van der Waals surface area contributed by atoms with Crippen molar-refractivity contribution >= 4 is 25.7 Å². The fourth-order valence-electron chi connectivity index (χ4n) is 1.32. The quantitative estimate of drug-likeness (QED) is 0.538. The second-order valence-electron chi connectivity index (χ2n) is 3.67. The third-order valence-electron chi connectivity index (χ3n) is 2.56.